The number of nitrogens with two attached hydrogens (primary N) is 1. The summed E-state index contributed by atoms with van der Waals surface area (Å²) in [4.78, 5) is 8.08. The van der Waals surface area contributed by atoms with Crippen LogP contribution in [0.4, 0.5) is 11.6 Å². The molecule has 92 valence electrons. The van der Waals surface area contributed by atoms with Gasteiger partial charge in [-0.15, -0.1) is 0 Å². The van der Waals surface area contributed by atoms with Crippen molar-refractivity contribution in [2.45, 2.75) is 18.9 Å². The number of rotatable bonds is 3. The lowest BCUT2D eigenvalue weighted by Gasteiger charge is -2.24. The van der Waals surface area contributed by atoms with Gasteiger partial charge in [-0.05, 0) is 35.4 Å². The number of nitrogens with one attached hydrogen (secondary N) is 2. The molecule has 2 rings (SSSR count). The lowest BCUT2D eigenvalue weighted by Crippen LogP contribution is -2.29. The van der Waals surface area contributed by atoms with Crippen molar-refractivity contribution in [2.75, 3.05) is 24.3 Å². The van der Waals surface area contributed by atoms with Crippen molar-refractivity contribution in [3.05, 3.63) is 11.9 Å². The van der Waals surface area contributed by atoms with Gasteiger partial charge in [0.05, 0.1) is 5.56 Å². The lowest BCUT2D eigenvalue weighted by atomic mass is 10.1. The number of hydrogen-bond donors (Lipinski definition) is 3. The van der Waals surface area contributed by atoms with E-state index in [1.165, 1.54) is 6.33 Å². The Morgan fingerprint density at radius 1 is 1.47 bits per heavy atom. The zero-order valence-electron chi connectivity index (χ0n) is 9.24. The van der Waals surface area contributed by atoms with Crippen LogP contribution in [0.2, 0.25) is 0 Å². The molecule has 1 aliphatic heterocycles. The Balaban J connectivity index is 2.19. The van der Waals surface area contributed by atoms with E-state index in [0.29, 0.717) is 27.0 Å². The molecule has 0 saturated carbocycles. The van der Waals surface area contributed by atoms with E-state index in [-0.39, 0.29) is 0 Å². The fourth-order valence-corrected chi connectivity index (χ4v) is 2.29. The van der Waals surface area contributed by atoms with E-state index in [2.05, 4.69) is 15.3 Å². The van der Waals surface area contributed by atoms with Gasteiger partial charge in [0.2, 0.25) is 0 Å². The summed E-state index contributed by atoms with van der Waals surface area (Å²) >= 11 is 1.91. The van der Waals surface area contributed by atoms with Crippen LogP contribution in [-0.4, -0.2) is 32.9 Å². The molecular formula is C10H14IN5O. The second kappa shape index (κ2) is 5.58. The lowest BCUT2D eigenvalue weighted by molar-refractivity contribution is 0.0904. The van der Waals surface area contributed by atoms with Crippen LogP contribution >= 0.6 is 22.6 Å². The zero-order valence-corrected chi connectivity index (χ0v) is 11.4. The molecule has 0 bridgehead atoms. The van der Waals surface area contributed by atoms with Crippen molar-refractivity contribution in [2.24, 2.45) is 0 Å². The van der Waals surface area contributed by atoms with Crippen molar-refractivity contribution < 1.29 is 4.74 Å². The van der Waals surface area contributed by atoms with Gasteiger partial charge in [0.1, 0.15) is 21.7 Å². The summed E-state index contributed by atoms with van der Waals surface area (Å²) in [5.74, 6) is 0.984. The molecule has 17 heavy (non-hydrogen) atoms. The second-order valence-electron chi connectivity index (χ2n) is 3.83. The fourth-order valence-electron chi connectivity index (χ4n) is 1.76. The quantitative estimate of drug-likeness (QED) is 0.568. The Hall–Kier alpha value is -0.960. The van der Waals surface area contributed by atoms with E-state index in [1.807, 2.05) is 22.6 Å². The molecule has 0 radical (unpaired) electrons. The van der Waals surface area contributed by atoms with Crippen molar-refractivity contribution in [1.82, 2.24) is 9.97 Å². The van der Waals surface area contributed by atoms with Gasteiger partial charge >= 0.3 is 0 Å². The SMILES string of the molecule is N=C(I)c1c(N)ncnc1NC1CCOCC1. The maximum Gasteiger partial charge on any atom is 0.141 e. The van der Waals surface area contributed by atoms with E-state index < -0.39 is 0 Å². The molecule has 4 N–H and O–H groups in total. The van der Waals surface area contributed by atoms with Crippen LogP contribution in [0, 0.1) is 5.41 Å². The summed E-state index contributed by atoms with van der Waals surface area (Å²) < 4.78 is 5.64. The Bertz CT molecular complexity index is 419. The molecule has 1 saturated heterocycles. The predicted octanol–water partition coefficient (Wildman–Crippen LogP) is 1.41. The zero-order chi connectivity index (χ0) is 12.3. The topological polar surface area (TPSA) is 96.9 Å². The van der Waals surface area contributed by atoms with E-state index in [4.69, 9.17) is 15.9 Å². The number of nitrogens with zero attached hydrogens (tertiary/aromatic N) is 2. The van der Waals surface area contributed by atoms with E-state index in [1.54, 1.807) is 0 Å². The molecule has 0 atom stereocenters. The Morgan fingerprint density at radius 2 is 2.18 bits per heavy atom. The predicted molar refractivity (Wildman–Crippen MR) is 74.8 cm³/mol. The van der Waals surface area contributed by atoms with E-state index in [0.717, 1.165) is 26.1 Å². The van der Waals surface area contributed by atoms with E-state index in [9.17, 15) is 0 Å². The molecule has 0 aliphatic carbocycles. The van der Waals surface area contributed by atoms with E-state index >= 15 is 0 Å². The van der Waals surface area contributed by atoms with Crippen LogP contribution in [0.3, 0.4) is 0 Å². The Labute approximate surface area is 113 Å². The van der Waals surface area contributed by atoms with Gasteiger partial charge in [-0.2, -0.15) is 0 Å². The molecule has 7 heteroatoms. The normalized spacial score (nSPS) is 16.8. The van der Waals surface area contributed by atoms with Crippen LogP contribution in [0.15, 0.2) is 6.33 Å². The summed E-state index contributed by atoms with van der Waals surface area (Å²) in [6.07, 6.45) is 3.30. The maximum atomic E-state index is 7.70. The molecular weight excluding hydrogens is 333 g/mol. The monoisotopic (exact) mass is 347 g/mol. The standard InChI is InChI=1S/C10H14IN5O/c11-8(12)7-9(13)14-5-15-10(7)16-6-1-3-17-4-2-6/h5-6,12H,1-4H2,(H3,13,14,15,16). The number of ether oxygens (including phenoxy) is 1. The van der Waals surface area contributed by atoms with Gasteiger partial charge in [0, 0.05) is 19.3 Å². The minimum Gasteiger partial charge on any atom is -0.383 e. The second-order valence-corrected chi connectivity index (χ2v) is 4.91. The van der Waals surface area contributed by atoms with Crippen molar-refractivity contribution in [3.63, 3.8) is 0 Å². The number of hydrogen-bond acceptors (Lipinski definition) is 6. The number of anilines is 2. The van der Waals surface area contributed by atoms with Gasteiger partial charge in [-0.1, -0.05) is 0 Å². The van der Waals surface area contributed by atoms with Crippen molar-refractivity contribution >= 4 is 37.9 Å². The van der Waals surface area contributed by atoms with Crippen LogP contribution < -0.4 is 11.1 Å². The fraction of sp³-hybridized carbons (Fsp3) is 0.500. The average molecular weight is 347 g/mol. The molecule has 6 nitrogen and oxygen atoms in total. The Morgan fingerprint density at radius 3 is 2.82 bits per heavy atom. The summed E-state index contributed by atoms with van der Waals surface area (Å²) in [7, 11) is 0. The van der Waals surface area contributed by atoms with Crippen molar-refractivity contribution in [1.29, 1.82) is 5.41 Å². The highest BCUT2D eigenvalue weighted by molar-refractivity contribution is 14.1. The summed E-state index contributed by atoms with van der Waals surface area (Å²) in [5, 5.41) is 11.0. The first-order chi connectivity index (χ1) is 8.18. The smallest absolute Gasteiger partial charge is 0.141 e. The highest BCUT2D eigenvalue weighted by atomic mass is 127. The summed E-state index contributed by atoms with van der Waals surface area (Å²) in [6, 6.07) is 0.326. The molecule has 1 fully saturated rings. The average Bonchev–Trinajstić information content (AvgIpc) is 2.30. The third-order valence-electron chi connectivity index (χ3n) is 2.66. The van der Waals surface area contributed by atoms with Crippen LogP contribution in [-0.2, 0) is 4.74 Å². The largest absolute Gasteiger partial charge is 0.383 e. The molecule has 1 aromatic heterocycles. The first-order valence-electron chi connectivity index (χ1n) is 5.37. The third kappa shape index (κ3) is 3.03. The molecule has 0 aromatic carbocycles. The third-order valence-corrected chi connectivity index (χ3v) is 3.20. The summed E-state index contributed by atoms with van der Waals surface area (Å²) in [6.45, 7) is 1.52. The molecule has 0 amide bonds. The van der Waals surface area contributed by atoms with Gasteiger partial charge in [-0.3, -0.25) is 5.41 Å². The number of aromatic nitrogens is 2. The van der Waals surface area contributed by atoms with Gasteiger partial charge < -0.3 is 15.8 Å². The molecule has 1 aromatic rings. The van der Waals surface area contributed by atoms with Crippen LogP contribution in [0.1, 0.15) is 18.4 Å². The molecule has 1 aliphatic rings. The first-order valence-corrected chi connectivity index (χ1v) is 6.45. The minimum absolute atomic E-state index is 0.326. The number of halogens is 1. The highest BCUT2D eigenvalue weighted by Crippen LogP contribution is 2.22. The van der Waals surface area contributed by atoms with Gasteiger partial charge in [0.25, 0.3) is 0 Å². The Kier molecular flexibility index (Phi) is 4.11. The van der Waals surface area contributed by atoms with Crippen LogP contribution in [0.5, 0.6) is 0 Å². The molecule has 2 heterocycles. The van der Waals surface area contributed by atoms with Gasteiger partial charge in [0.15, 0.2) is 0 Å². The highest BCUT2D eigenvalue weighted by Gasteiger charge is 2.18. The maximum absolute atomic E-state index is 7.70. The van der Waals surface area contributed by atoms with Gasteiger partial charge in [-0.25, -0.2) is 9.97 Å². The van der Waals surface area contributed by atoms with Crippen molar-refractivity contribution in [3.8, 4) is 0 Å². The summed E-state index contributed by atoms with van der Waals surface area (Å²) in [5.41, 5.74) is 6.35. The molecule has 0 unspecified atom stereocenters. The first kappa shape index (κ1) is 12.5. The molecule has 0 spiro atoms. The number of nitrogen functional groups attached to an aromatic ring is 1. The van der Waals surface area contributed by atoms with Crippen LogP contribution in [0.25, 0.3) is 0 Å². The minimum atomic E-state index is 0.326.